The SMILES string of the molecule is CSC1NC(=O)c2c(OCCNC(C)c3cccnc3C)nc(Cl)c(Cl)c2N1. The molecule has 2 unspecified atom stereocenters. The molecule has 0 aliphatic carbocycles. The van der Waals surface area contributed by atoms with E-state index in [1.54, 1.807) is 6.20 Å². The second-order valence-electron chi connectivity index (χ2n) is 6.21. The molecule has 2 aromatic heterocycles. The first kappa shape index (κ1) is 21.0. The van der Waals surface area contributed by atoms with Gasteiger partial charge in [-0.3, -0.25) is 9.78 Å². The lowest BCUT2D eigenvalue weighted by atomic mass is 10.1. The van der Waals surface area contributed by atoms with Gasteiger partial charge in [0.25, 0.3) is 5.91 Å². The van der Waals surface area contributed by atoms with Gasteiger partial charge in [-0.15, -0.1) is 11.8 Å². The van der Waals surface area contributed by atoms with E-state index in [9.17, 15) is 4.79 Å². The lowest BCUT2D eigenvalue weighted by Crippen LogP contribution is -2.43. The molecule has 3 N–H and O–H groups in total. The van der Waals surface area contributed by atoms with Crippen LogP contribution in [0, 0.1) is 6.92 Å². The molecule has 2 aromatic rings. The van der Waals surface area contributed by atoms with Crippen LogP contribution >= 0.6 is 35.0 Å². The number of aryl methyl sites for hydroxylation is 1. The number of carbonyl (C=O) groups excluding carboxylic acids is 1. The van der Waals surface area contributed by atoms with Gasteiger partial charge in [0.2, 0.25) is 5.88 Å². The van der Waals surface area contributed by atoms with Gasteiger partial charge in [-0.05, 0) is 31.7 Å². The Morgan fingerprint density at radius 2 is 2.18 bits per heavy atom. The van der Waals surface area contributed by atoms with Crippen LogP contribution < -0.4 is 20.7 Å². The summed E-state index contributed by atoms with van der Waals surface area (Å²) in [6, 6.07) is 4.06. The molecular formula is C18H21Cl2N5O2S. The van der Waals surface area contributed by atoms with Gasteiger partial charge in [0.1, 0.15) is 22.7 Å². The van der Waals surface area contributed by atoms with E-state index in [1.807, 2.05) is 25.3 Å². The molecule has 3 rings (SSSR count). The Bertz CT molecular complexity index is 883. The van der Waals surface area contributed by atoms with E-state index in [1.165, 1.54) is 11.8 Å². The number of fused-ring (bicyclic) bond motifs is 1. The van der Waals surface area contributed by atoms with Crippen molar-refractivity contribution in [1.29, 1.82) is 0 Å². The van der Waals surface area contributed by atoms with E-state index in [-0.39, 0.29) is 39.1 Å². The number of halogens is 2. The van der Waals surface area contributed by atoms with Crippen molar-refractivity contribution in [2.75, 3.05) is 24.7 Å². The zero-order valence-electron chi connectivity index (χ0n) is 15.7. The second kappa shape index (κ2) is 9.17. The lowest BCUT2D eigenvalue weighted by molar-refractivity contribution is 0.0943. The van der Waals surface area contributed by atoms with Crippen LogP contribution in [0.15, 0.2) is 18.3 Å². The largest absolute Gasteiger partial charge is 0.476 e. The summed E-state index contributed by atoms with van der Waals surface area (Å²) in [4.78, 5) is 20.9. The molecule has 0 spiro atoms. The van der Waals surface area contributed by atoms with E-state index in [0.29, 0.717) is 18.8 Å². The fraction of sp³-hybridized carbons (Fsp3) is 0.389. The molecule has 1 aliphatic heterocycles. The van der Waals surface area contributed by atoms with Crippen molar-refractivity contribution < 1.29 is 9.53 Å². The third kappa shape index (κ3) is 4.46. The average molecular weight is 442 g/mol. The number of thioether (sulfide) groups is 1. The summed E-state index contributed by atoms with van der Waals surface area (Å²) < 4.78 is 5.76. The Hall–Kier alpha value is -1.74. The maximum atomic E-state index is 12.5. The van der Waals surface area contributed by atoms with Crippen LogP contribution in [0.3, 0.4) is 0 Å². The number of anilines is 1. The summed E-state index contributed by atoms with van der Waals surface area (Å²) in [6.45, 7) is 4.89. The molecule has 150 valence electrons. The van der Waals surface area contributed by atoms with Crippen molar-refractivity contribution in [1.82, 2.24) is 20.6 Å². The number of pyridine rings is 2. The summed E-state index contributed by atoms with van der Waals surface area (Å²) >= 11 is 13.8. The van der Waals surface area contributed by atoms with Gasteiger partial charge in [0.15, 0.2) is 5.15 Å². The third-order valence-electron chi connectivity index (χ3n) is 4.37. The molecule has 7 nitrogen and oxygen atoms in total. The Balaban J connectivity index is 1.68. The molecule has 1 aliphatic rings. The van der Waals surface area contributed by atoms with Crippen molar-refractivity contribution in [2.45, 2.75) is 25.4 Å². The van der Waals surface area contributed by atoms with E-state index in [0.717, 1.165) is 11.3 Å². The van der Waals surface area contributed by atoms with Gasteiger partial charge in [0.05, 0.1) is 5.69 Å². The Kier molecular flexibility index (Phi) is 6.87. The molecule has 0 saturated heterocycles. The van der Waals surface area contributed by atoms with Crippen LogP contribution in [0.2, 0.25) is 10.2 Å². The molecule has 0 bridgehead atoms. The maximum absolute atomic E-state index is 12.5. The van der Waals surface area contributed by atoms with Gasteiger partial charge in [-0.25, -0.2) is 0 Å². The number of hydrogen-bond acceptors (Lipinski definition) is 7. The van der Waals surface area contributed by atoms with Crippen LogP contribution in [0.5, 0.6) is 5.88 Å². The predicted molar refractivity (Wildman–Crippen MR) is 114 cm³/mol. The summed E-state index contributed by atoms with van der Waals surface area (Å²) in [7, 11) is 0. The van der Waals surface area contributed by atoms with E-state index in [2.05, 4.69) is 32.8 Å². The first-order valence-corrected chi connectivity index (χ1v) is 10.7. The van der Waals surface area contributed by atoms with Crippen LogP contribution in [0.4, 0.5) is 5.69 Å². The minimum atomic E-state index is -0.304. The van der Waals surface area contributed by atoms with E-state index < -0.39 is 0 Å². The number of carbonyl (C=O) groups is 1. The minimum absolute atomic E-state index is 0.0878. The first-order chi connectivity index (χ1) is 13.4. The van der Waals surface area contributed by atoms with Crippen molar-refractivity contribution >= 4 is 46.6 Å². The van der Waals surface area contributed by atoms with Gasteiger partial charge < -0.3 is 20.7 Å². The highest BCUT2D eigenvalue weighted by molar-refractivity contribution is 7.99. The molecule has 3 heterocycles. The molecule has 28 heavy (non-hydrogen) atoms. The number of hydrogen-bond donors (Lipinski definition) is 3. The Morgan fingerprint density at radius 1 is 1.39 bits per heavy atom. The van der Waals surface area contributed by atoms with Crippen molar-refractivity contribution in [3.05, 3.63) is 45.3 Å². The van der Waals surface area contributed by atoms with Gasteiger partial charge in [-0.2, -0.15) is 4.98 Å². The van der Waals surface area contributed by atoms with Gasteiger partial charge in [0, 0.05) is 24.5 Å². The third-order valence-corrected chi connectivity index (χ3v) is 5.82. The van der Waals surface area contributed by atoms with Crippen molar-refractivity contribution in [2.24, 2.45) is 0 Å². The molecule has 0 fully saturated rings. The Morgan fingerprint density at radius 3 is 2.89 bits per heavy atom. The van der Waals surface area contributed by atoms with Crippen molar-refractivity contribution in [3.8, 4) is 5.88 Å². The zero-order valence-corrected chi connectivity index (χ0v) is 18.0. The standard InChI is InChI=1S/C18H21Cl2N5O2S/c1-9-11(5-4-6-21-9)10(2)22-7-8-27-17-12-14(13(19)15(20)24-17)23-18(28-3)25-16(12)26/h4-6,10,18,22-23H,7-8H2,1-3H3,(H,25,26). The van der Waals surface area contributed by atoms with Gasteiger partial charge in [-0.1, -0.05) is 29.3 Å². The average Bonchev–Trinajstić information content (AvgIpc) is 2.68. The molecule has 0 radical (unpaired) electrons. The zero-order chi connectivity index (χ0) is 20.3. The molecular weight excluding hydrogens is 421 g/mol. The number of ether oxygens (including phenoxy) is 1. The summed E-state index contributed by atoms with van der Waals surface area (Å²) in [5.41, 5.74) is 2.51. The second-order valence-corrected chi connectivity index (χ2v) is 7.89. The normalized spacial score (nSPS) is 16.8. The minimum Gasteiger partial charge on any atom is -0.476 e. The molecule has 0 saturated carbocycles. The molecule has 1 amide bonds. The predicted octanol–water partition coefficient (Wildman–Crippen LogP) is 3.62. The van der Waals surface area contributed by atoms with Crippen molar-refractivity contribution in [3.63, 3.8) is 0 Å². The van der Waals surface area contributed by atoms with E-state index in [4.69, 9.17) is 27.9 Å². The van der Waals surface area contributed by atoms with Crippen LogP contribution in [-0.4, -0.2) is 40.8 Å². The monoisotopic (exact) mass is 441 g/mol. The smallest absolute Gasteiger partial charge is 0.261 e. The highest BCUT2D eigenvalue weighted by Gasteiger charge is 2.31. The maximum Gasteiger partial charge on any atom is 0.261 e. The number of nitrogens with zero attached hydrogens (tertiary/aromatic N) is 2. The fourth-order valence-corrected chi connectivity index (χ4v) is 3.75. The summed E-state index contributed by atoms with van der Waals surface area (Å²) in [5, 5.41) is 9.61. The van der Waals surface area contributed by atoms with Crippen LogP contribution in [-0.2, 0) is 0 Å². The lowest BCUT2D eigenvalue weighted by Gasteiger charge is -2.28. The molecule has 0 aromatic carbocycles. The summed E-state index contributed by atoms with van der Waals surface area (Å²) in [5.74, 6) is -0.151. The number of amides is 1. The van der Waals surface area contributed by atoms with Crippen LogP contribution in [0.1, 0.15) is 34.6 Å². The highest BCUT2D eigenvalue weighted by atomic mass is 35.5. The van der Waals surface area contributed by atoms with E-state index >= 15 is 0 Å². The quantitative estimate of drug-likeness (QED) is 0.446. The van der Waals surface area contributed by atoms with Gasteiger partial charge >= 0.3 is 0 Å². The number of rotatable bonds is 7. The topological polar surface area (TPSA) is 88.2 Å². The van der Waals surface area contributed by atoms with Crippen LogP contribution in [0.25, 0.3) is 0 Å². The molecule has 10 heteroatoms. The fourth-order valence-electron chi connectivity index (χ4n) is 2.93. The molecule has 2 atom stereocenters. The number of aromatic nitrogens is 2. The first-order valence-electron chi connectivity index (χ1n) is 8.69. The summed E-state index contributed by atoms with van der Waals surface area (Å²) in [6.07, 6.45) is 3.64. The number of nitrogens with one attached hydrogen (secondary N) is 3. The Labute approximate surface area is 177 Å². The highest BCUT2D eigenvalue weighted by Crippen LogP contribution is 2.39.